The first-order chi connectivity index (χ1) is 9.72. The van der Waals surface area contributed by atoms with Crippen LogP contribution in [0, 0.1) is 0 Å². The lowest BCUT2D eigenvalue weighted by Crippen LogP contribution is -2.07. The second kappa shape index (κ2) is 6.85. The quantitative estimate of drug-likeness (QED) is 0.792. The summed E-state index contributed by atoms with van der Waals surface area (Å²) in [4.78, 5) is 18.8. The van der Waals surface area contributed by atoms with Gasteiger partial charge in [-0.25, -0.2) is 9.97 Å². The molecule has 6 nitrogen and oxygen atoms in total. The van der Waals surface area contributed by atoms with Crippen LogP contribution in [0.1, 0.15) is 5.56 Å². The van der Waals surface area contributed by atoms with Crippen LogP contribution >= 0.6 is 15.9 Å². The van der Waals surface area contributed by atoms with Crippen molar-refractivity contribution in [2.24, 2.45) is 0 Å². The fraction of sp³-hybridized carbons (Fsp3) is 0.154. The Balaban J connectivity index is 2.08. The van der Waals surface area contributed by atoms with Crippen LogP contribution in [0.5, 0.6) is 5.75 Å². The van der Waals surface area contributed by atoms with Crippen molar-refractivity contribution in [1.29, 1.82) is 0 Å². The molecule has 0 aliphatic rings. The fourth-order valence-electron chi connectivity index (χ4n) is 1.58. The average molecular weight is 337 g/mol. The first-order valence-corrected chi connectivity index (χ1v) is 6.61. The molecule has 0 saturated heterocycles. The van der Waals surface area contributed by atoms with E-state index in [0.717, 1.165) is 11.3 Å². The summed E-state index contributed by atoms with van der Waals surface area (Å²) in [7, 11) is 1.63. The third-order valence-corrected chi connectivity index (χ3v) is 2.94. The number of aromatic nitrogens is 2. The maximum atomic E-state index is 10.5. The molecule has 1 heterocycles. The van der Waals surface area contributed by atoms with Crippen LogP contribution in [0.15, 0.2) is 35.1 Å². The fourth-order valence-corrected chi connectivity index (χ4v) is 1.86. The number of ether oxygens (including phenoxy) is 1. The summed E-state index contributed by atoms with van der Waals surface area (Å²) in [6.07, 6.45) is 2.08. The minimum Gasteiger partial charge on any atom is -0.497 e. The van der Waals surface area contributed by atoms with Crippen LogP contribution in [0.3, 0.4) is 0 Å². The van der Waals surface area contributed by atoms with Gasteiger partial charge in [0, 0.05) is 6.54 Å². The number of hydrogen-bond acceptors (Lipinski definition) is 5. The Hall–Kier alpha value is -2.15. The van der Waals surface area contributed by atoms with Crippen molar-refractivity contribution in [3.63, 3.8) is 0 Å². The first-order valence-electron chi connectivity index (χ1n) is 5.82. The number of hydrogen-bond donors (Lipinski definition) is 2. The van der Waals surface area contributed by atoms with Crippen LogP contribution < -0.4 is 15.4 Å². The Morgan fingerprint density at radius 2 is 2.05 bits per heavy atom. The maximum Gasteiger partial charge on any atom is 0.212 e. The van der Waals surface area contributed by atoms with Gasteiger partial charge in [-0.1, -0.05) is 12.1 Å². The minimum atomic E-state index is 0.386. The Morgan fingerprint density at radius 3 is 2.70 bits per heavy atom. The highest BCUT2D eigenvalue weighted by molar-refractivity contribution is 9.10. The number of carbonyl (C=O) groups is 1. The summed E-state index contributed by atoms with van der Waals surface area (Å²) >= 11 is 3.25. The van der Waals surface area contributed by atoms with Gasteiger partial charge < -0.3 is 15.4 Å². The molecular weight excluding hydrogens is 324 g/mol. The number of rotatable bonds is 6. The molecule has 2 aromatic rings. The zero-order chi connectivity index (χ0) is 14.4. The molecule has 0 radical (unpaired) electrons. The number of nitrogens with one attached hydrogen (secondary N) is 2. The van der Waals surface area contributed by atoms with Gasteiger partial charge >= 0.3 is 0 Å². The topological polar surface area (TPSA) is 76.1 Å². The summed E-state index contributed by atoms with van der Waals surface area (Å²) in [6.45, 7) is 0.558. The lowest BCUT2D eigenvalue weighted by Gasteiger charge is -2.10. The van der Waals surface area contributed by atoms with Gasteiger partial charge in [0.15, 0.2) is 11.6 Å². The maximum absolute atomic E-state index is 10.5. The van der Waals surface area contributed by atoms with E-state index in [1.54, 1.807) is 7.11 Å². The molecule has 1 amide bonds. The number of anilines is 2. The Kier molecular flexibility index (Phi) is 4.89. The lowest BCUT2D eigenvalue weighted by atomic mass is 10.2. The van der Waals surface area contributed by atoms with Crippen LogP contribution in [0.25, 0.3) is 0 Å². The second-order valence-electron chi connectivity index (χ2n) is 3.85. The van der Waals surface area contributed by atoms with E-state index < -0.39 is 0 Å². The Labute approximate surface area is 124 Å². The summed E-state index contributed by atoms with van der Waals surface area (Å²) in [5.74, 6) is 1.69. The molecular formula is C13H13BrN4O2. The molecule has 0 bridgehead atoms. The van der Waals surface area contributed by atoms with Crippen molar-refractivity contribution >= 4 is 34.0 Å². The van der Waals surface area contributed by atoms with E-state index in [0.29, 0.717) is 29.2 Å². The molecule has 0 aliphatic heterocycles. The predicted octanol–water partition coefficient (Wildman–Crippen LogP) is 2.43. The summed E-state index contributed by atoms with van der Waals surface area (Å²) in [6, 6.07) is 7.66. The van der Waals surface area contributed by atoms with E-state index in [2.05, 4.69) is 36.5 Å². The number of benzene rings is 1. The summed E-state index contributed by atoms with van der Waals surface area (Å²) in [5, 5.41) is 5.63. The van der Waals surface area contributed by atoms with Gasteiger partial charge in [0.2, 0.25) is 6.41 Å². The predicted molar refractivity (Wildman–Crippen MR) is 79.7 cm³/mol. The molecule has 0 saturated carbocycles. The standard InChI is InChI=1S/C13H13BrN4O2/c1-20-10-4-2-9(3-5-10)6-15-13-12(17-8-19)16-7-11(14)18-13/h2-5,7-8H,6H2,1H3,(H,15,18)(H,16,17,19). The third-order valence-electron chi connectivity index (χ3n) is 2.56. The van der Waals surface area contributed by atoms with Gasteiger partial charge in [0.1, 0.15) is 10.4 Å². The summed E-state index contributed by atoms with van der Waals surface area (Å²) in [5.41, 5.74) is 1.06. The first kappa shape index (κ1) is 14.3. The van der Waals surface area contributed by atoms with Gasteiger partial charge in [-0.15, -0.1) is 0 Å². The van der Waals surface area contributed by atoms with Gasteiger partial charge in [0.05, 0.1) is 13.3 Å². The zero-order valence-corrected chi connectivity index (χ0v) is 12.3. The highest BCUT2D eigenvalue weighted by Gasteiger charge is 2.06. The highest BCUT2D eigenvalue weighted by atomic mass is 79.9. The Morgan fingerprint density at radius 1 is 1.30 bits per heavy atom. The van der Waals surface area contributed by atoms with Gasteiger partial charge in [-0.3, -0.25) is 4.79 Å². The van der Waals surface area contributed by atoms with E-state index in [1.165, 1.54) is 6.20 Å². The smallest absolute Gasteiger partial charge is 0.212 e. The minimum absolute atomic E-state index is 0.386. The molecule has 0 spiro atoms. The van der Waals surface area contributed by atoms with E-state index in [-0.39, 0.29) is 0 Å². The number of amides is 1. The van der Waals surface area contributed by atoms with Crippen molar-refractivity contribution in [3.8, 4) is 5.75 Å². The number of methoxy groups -OCH3 is 1. The molecule has 2 N–H and O–H groups in total. The summed E-state index contributed by atoms with van der Waals surface area (Å²) < 4.78 is 5.69. The van der Waals surface area contributed by atoms with E-state index in [1.807, 2.05) is 24.3 Å². The van der Waals surface area contributed by atoms with Gasteiger partial charge in [0.25, 0.3) is 0 Å². The van der Waals surface area contributed by atoms with E-state index >= 15 is 0 Å². The third kappa shape index (κ3) is 3.67. The van der Waals surface area contributed by atoms with Crippen LogP contribution in [0.2, 0.25) is 0 Å². The molecule has 104 valence electrons. The van der Waals surface area contributed by atoms with E-state index in [9.17, 15) is 4.79 Å². The molecule has 0 aliphatic carbocycles. The van der Waals surface area contributed by atoms with Crippen molar-refractivity contribution in [2.75, 3.05) is 17.7 Å². The highest BCUT2D eigenvalue weighted by Crippen LogP contribution is 2.19. The second-order valence-corrected chi connectivity index (χ2v) is 4.67. The Bertz CT molecular complexity index is 589. The molecule has 0 unspecified atom stereocenters. The van der Waals surface area contributed by atoms with Crippen molar-refractivity contribution in [1.82, 2.24) is 9.97 Å². The van der Waals surface area contributed by atoms with Crippen LogP contribution in [-0.2, 0) is 11.3 Å². The van der Waals surface area contributed by atoms with E-state index in [4.69, 9.17) is 4.74 Å². The largest absolute Gasteiger partial charge is 0.497 e. The lowest BCUT2D eigenvalue weighted by molar-refractivity contribution is -0.105. The van der Waals surface area contributed by atoms with Gasteiger partial charge in [-0.2, -0.15) is 0 Å². The molecule has 1 aromatic carbocycles. The number of nitrogens with zero attached hydrogens (tertiary/aromatic N) is 2. The van der Waals surface area contributed by atoms with Crippen LogP contribution in [-0.4, -0.2) is 23.5 Å². The van der Waals surface area contributed by atoms with Crippen LogP contribution in [0.4, 0.5) is 11.6 Å². The van der Waals surface area contributed by atoms with Crippen molar-refractivity contribution in [3.05, 3.63) is 40.6 Å². The average Bonchev–Trinajstić information content (AvgIpc) is 2.48. The number of carbonyl (C=O) groups excluding carboxylic acids is 1. The molecule has 0 atom stereocenters. The van der Waals surface area contributed by atoms with Crippen molar-refractivity contribution in [2.45, 2.75) is 6.54 Å². The normalized spacial score (nSPS) is 9.90. The molecule has 1 aromatic heterocycles. The number of halogens is 1. The molecule has 2 rings (SSSR count). The molecule has 0 fully saturated rings. The van der Waals surface area contributed by atoms with Crippen molar-refractivity contribution < 1.29 is 9.53 Å². The molecule has 20 heavy (non-hydrogen) atoms. The SMILES string of the molecule is COc1ccc(CNc2nc(Br)cnc2NC=O)cc1. The zero-order valence-electron chi connectivity index (χ0n) is 10.8. The monoisotopic (exact) mass is 336 g/mol. The van der Waals surface area contributed by atoms with Gasteiger partial charge in [-0.05, 0) is 33.6 Å². The molecule has 7 heteroatoms.